The van der Waals surface area contributed by atoms with Gasteiger partial charge in [0.25, 0.3) is 0 Å². The highest BCUT2D eigenvalue weighted by atomic mass is 32.2. The molecule has 0 unspecified atom stereocenters. The van der Waals surface area contributed by atoms with E-state index < -0.39 is 12.1 Å². The van der Waals surface area contributed by atoms with Crippen molar-refractivity contribution in [3.8, 4) is 11.5 Å². The number of aromatic nitrogens is 3. The van der Waals surface area contributed by atoms with Gasteiger partial charge >= 0.3 is 6.03 Å². The van der Waals surface area contributed by atoms with Gasteiger partial charge in [-0.1, -0.05) is 50.6 Å². The van der Waals surface area contributed by atoms with E-state index in [1.807, 2.05) is 31.3 Å². The van der Waals surface area contributed by atoms with Crippen LogP contribution in [-0.2, 0) is 11.8 Å². The molecule has 2 aromatic rings. The number of rotatable bonds is 5. The third kappa shape index (κ3) is 5.01. The Morgan fingerprint density at radius 1 is 1.19 bits per heavy atom. The van der Waals surface area contributed by atoms with E-state index in [4.69, 9.17) is 9.47 Å². The first kappa shape index (κ1) is 22.4. The van der Waals surface area contributed by atoms with E-state index in [9.17, 15) is 9.59 Å². The zero-order valence-electron chi connectivity index (χ0n) is 18.5. The molecule has 1 saturated carbocycles. The first-order chi connectivity index (χ1) is 15.4. The van der Waals surface area contributed by atoms with Crippen LogP contribution in [0, 0.1) is 11.8 Å². The molecule has 4 rings (SSSR count). The standard InChI is InChI=1S/C22H29N5O4S/c1-13-7-6-8-15(14(13)2)23-21(29)24-19(28)12-32-22-26-25-20(27(22)3)18-11-30-16-9-4-5-10-17(16)31-18/h4-5,9-10,13-15,18H,6-8,11-12H2,1-3H3,(H2,23,24,28,29)/t13-,14+,15+,18-/m1/s1. The molecule has 1 fully saturated rings. The predicted octanol–water partition coefficient (Wildman–Crippen LogP) is 3.07. The summed E-state index contributed by atoms with van der Waals surface area (Å²) in [5.74, 6) is 2.62. The van der Waals surface area contributed by atoms with Crippen molar-refractivity contribution in [2.75, 3.05) is 12.4 Å². The molecular formula is C22H29N5O4S. The van der Waals surface area contributed by atoms with Crippen molar-refractivity contribution in [3.05, 3.63) is 30.1 Å². The van der Waals surface area contributed by atoms with E-state index in [1.165, 1.54) is 18.2 Å². The third-order valence-corrected chi connectivity index (χ3v) is 7.29. The van der Waals surface area contributed by atoms with Crippen LogP contribution in [0.4, 0.5) is 4.79 Å². The molecule has 10 heteroatoms. The maximum Gasteiger partial charge on any atom is 0.321 e. The Kier molecular flexibility index (Phi) is 6.88. The number of carbonyl (C=O) groups excluding carboxylic acids is 2. The zero-order valence-corrected chi connectivity index (χ0v) is 19.4. The summed E-state index contributed by atoms with van der Waals surface area (Å²) in [4.78, 5) is 24.5. The lowest BCUT2D eigenvalue weighted by molar-refractivity contribution is -0.117. The highest BCUT2D eigenvalue weighted by Gasteiger charge is 2.29. The monoisotopic (exact) mass is 459 g/mol. The second-order valence-electron chi connectivity index (χ2n) is 8.45. The Bertz CT molecular complexity index is 981. The van der Waals surface area contributed by atoms with Crippen LogP contribution in [0.25, 0.3) is 0 Å². The lowest BCUT2D eigenvalue weighted by atomic mass is 9.78. The quantitative estimate of drug-likeness (QED) is 0.662. The van der Waals surface area contributed by atoms with Crippen LogP contribution in [0.1, 0.15) is 45.0 Å². The number of thioether (sulfide) groups is 1. The van der Waals surface area contributed by atoms with Gasteiger partial charge in [0, 0.05) is 13.1 Å². The van der Waals surface area contributed by atoms with Gasteiger partial charge in [0.15, 0.2) is 28.6 Å². The molecule has 4 atom stereocenters. The van der Waals surface area contributed by atoms with Gasteiger partial charge in [-0.05, 0) is 30.4 Å². The molecule has 2 N–H and O–H groups in total. The number of benzene rings is 1. The SMILES string of the molecule is C[C@H]1[C@H](C)CCC[C@@H]1NC(=O)NC(=O)CSc1nnc([C@H]2COc3ccccc3O2)n1C. The largest absolute Gasteiger partial charge is 0.485 e. The van der Waals surface area contributed by atoms with Gasteiger partial charge in [-0.25, -0.2) is 4.79 Å². The fourth-order valence-corrected chi connectivity index (χ4v) is 4.88. The number of hydrogen-bond acceptors (Lipinski definition) is 7. The Balaban J connectivity index is 1.28. The van der Waals surface area contributed by atoms with E-state index >= 15 is 0 Å². The molecule has 3 amide bonds. The van der Waals surface area contributed by atoms with E-state index in [-0.39, 0.29) is 17.7 Å². The van der Waals surface area contributed by atoms with Crippen LogP contribution < -0.4 is 20.1 Å². The summed E-state index contributed by atoms with van der Waals surface area (Å²) in [7, 11) is 1.82. The third-order valence-electron chi connectivity index (χ3n) is 6.27. The molecule has 1 aliphatic carbocycles. The smallest absolute Gasteiger partial charge is 0.321 e. The first-order valence-corrected chi connectivity index (χ1v) is 11.9. The van der Waals surface area contributed by atoms with E-state index in [1.54, 1.807) is 4.57 Å². The van der Waals surface area contributed by atoms with Crippen LogP contribution >= 0.6 is 11.8 Å². The number of imide groups is 1. The summed E-state index contributed by atoms with van der Waals surface area (Å²) < 4.78 is 13.5. The molecule has 1 aromatic carbocycles. The van der Waals surface area contributed by atoms with Crippen molar-refractivity contribution in [2.24, 2.45) is 18.9 Å². The number of urea groups is 1. The normalized spacial score (nSPS) is 24.6. The fraction of sp³-hybridized carbons (Fsp3) is 0.545. The minimum Gasteiger partial charge on any atom is -0.485 e. The first-order valence-electron chi connectivity index (χ1n) is 10.9. The van der Waals surface area contributed by atoms with Gasteiger partial charge in [-0.2, -0.15) is 0 Å². The number of hydrogen-bond donors (Lipinski definition) is 2. The minimum atomic E-state index is -0.438. The zero-order chi connectivity index (χ0) is 22.7. The number of nitrogens with zero attached hydrogens (tertiary/aromatic N) is 3. The number of carbonyl (C=O) groups is 2. The lowest BCUT2D eigenvalue weighted by Crippen LogP contribution is -2.49. The highest BCUT2D eigenvalue weighted by Crippen LogP contribution is 2.35. The number of ether oxygens (including phenoxy) is 2. The average molecular weight is 460 g/mol. The highest BCUT2D eigenvalue weighted by molar-refractivity contribution is 7.99. The second-order valence-corrected chi connectivity index (χ2v) is 9.39. The molecule has 2 aliphatic rings. The Morgan fingerprint density at radius 2 is 1.97 bits per heavy atom. The topological polar surface area (TPSA) is 107 Å². The summed E-state index contributed by atoms with van der Waals surface area (Å²) in [5.41, 5.74) is 0. The van der Waals surface area contributed by atoms with Gasteiger partial charge in [0.05, 0.1) is 5.75 Å². The fourth-order valence-electron chi connectivity index (χ4n) is 4.16. The molecule has 0 saturated heterocycles. The number of fused-ring (bicyclic) bond motifs is 1. The lowest BCUT2D eigenvalue weighted by Gasteiger charge is -2.34. The average Bonchev–Trinajstić information content (AvgIpc) is 3.15. The van der Waals surface area contributed by atoms with Crippen LogP contribution in [0.5, 0.6) is 11.5 Å². The van der Waals surface area contributed by atoms with Gasteiger partial charge in [-0.3, -0.25) is 10.1 Å². The van der Waals surface area contributed by atoms with Crippen molar-refractivity contribution in [1.29, 1.82) is 0 Å². The maximum atomic E-state index is 12.3. The van der Waals surface area contributed by atoms with Gasteiger partial charge < -0.3 is 19.4 Å². The molecule has 2 heterocycles. The number of para-hydroxylation sites is 2. The molecule has 0 radical (unpaired) electrons. The van der Waals surface area contributed by atoms with Crippen molar-refractivity contribution in [1.82, 2.24) is 25.4 Å². The Labute approximate surface area is 191 Å². The van der Waals surface area contributed by atoms with Crippen LogP contribution in [-0.4, -0.2) is 45.1 Å². The Morgan fingerprint density at radius 3 is 2.78 bits per heavy atom. The van der Waals surface area contributed by atoms with Crippen LogP contribution in [0.3, 0.4) is 0 Å². The van der Waals surface area contributed by atoms with E-state index in [0.717, 1.165) is 12.8 Å². The molecule has 0 bridgehead atoms. The molecule has 1 aliphatic heterocycles. The van der Waals surface area contributed by atoms with Crippen molar-refractivity contribution in [2.45, 2.75) is 50.4 Å². The second kappa shape index (κ2) is 9.81. The van der Waals surface area contributed by atoms with Gasteiger partial charge in [-0.15, -0.1) is 10.2 Å². The summed E-state index contributed by atoms with van der Waals surface area (Å²) in [6.45, 7) is 4.68. The minimum absolute atomic E-state index is 0.0564. The summed E-state index contributed by atoms with van der Waals surface area (Å²) >= 11 is 1.22. The predicted molar refractivity (Wildman–Crippen MR) is 120 cm³/mol. The van der Waals surface area contributed by atoms with Crippen molar-refractivity contribution in [3.63, 3.8) is 0 Å². The summed E-state index contributed by atoms with van der Waals surface area (Å²) in [6.07, 6.45) is 2.83. The Hall–Kier alpha value is -2.75. The van der Waals surface area contributed by atoms with Crippen LogP contribution in [0.15, 0.2) is 29.4 Å². The molecule has 0 spiro atoms. The molecule has 9 nitrogen and oxygen atoms in total. The van der Waals surface area contributed by atoms with Crippen molar-refractivity contribution < 1.29 is 19.1 Å². The van der Waals surface area contributed by atoms with E-state index in [2.05, 4.69) is 34.7 Å². The maximum absolute atomic E-state index is 12.3. The molecule has 172 valence electrons. The van der Waals surface area contributed by atoms with Gasteiger partial charge in [0.2, 0.25) is 5.91 Å². The van der Waals surface area contributed by atoms with E-state index in [0.29, 0.717) is 40.9 Å². The molecular weight excluding hydrogens is 430 g/mol. The molecule has 1 aromatic heterocycles. The summed E-state index contributed by atoms with van der Waals surface area (Å²) in [5, 5.41) is 14.3. The number of amides is 3. The molecule has 32 heavy (non-hydrogen) atoms. The van der Waals surface area contributed by atoms with Crippen molar-refractivity contribution >= 4 is 23.7 Å². The summed E-state index contributed by atoms with van der Waals surface area (Å²) in [6, 6.07) is 7.13. The van der Waals surface area contributed by atoms with Gasteiger partial charge in [0.1, 0.15) is 6.61 Å². The number of nitrogens with one attached hydrogen (secondary N) is 2. The van der Waals surface area contributed by atoms with Crippen LogP contribution in [0.2, 0.25) is 0 Å².